The largest absolute Gasteiger partial charge is 0.480 e. The number of carbonyl (C=O) groups is 1. The van der Waals surface area contributed by atoms with Crippen molar-refractivity contribution >= 4 is 5.97 Å². The minimum atomic E-state index is -0.714. The van der Waals surface area contributed by atoms with E-state index in [2.05, 4.69) is 29.2 Å². The lowest BCUT2D eigenvalue weighted by molar-refractivity contribution is -0.143. The van der Waals surface area contributed by atoms with E-state index in [1.54, 1.807) is 6.92 Å². The molecular weight excluding hydrogens is 250 g/mol. The lowest BCUT2D eigenvalue weighted by atomic mass is 9.93. The fourth-order valence-electron chi connectivity index (χ4n) is 4.22. The number of hydrogen-bond donors (Lipinski definition) is 1. The van der Waals surface area contributed by atoms with Crippen LogP contribution in [0.4, 0.5) is 0 Å². The maximum atomic E-state index is 11.3. The van der Waals surface area contributed by atoms with Gasteiger partial charge in [0.05, 0.1) is 0 Å². The van der Waals surface area contributed by atoms with Gasteiger partial charge in [-0.3, -0.25) is 9.69 Å². The van der Waals surface area contributed by atoms with Crippen molar-refractivity contribution < 1.29 is 9.90 Å². The summed E-state index contributed by atoms with van der Waals surface area (Å²) in [5.41, 5.74) is 2.95. The Bertz CT molecular complexity index is 480. The zero-order chi connectivity index (χ0) is 14.3. The highest BCUT2D eigenvalue weighted by Crippen LogP contribution is 2.42. The molecule has 20 heavy (non-hydrogen) atoms. The second-order valence-corrected chi connectivity index (χ2v) is 6.44. The molecule has 1 fully saturated rings. The van der Waals surface area contributed by atoms with Crippen LogP contribution < -0.4 is 0 Å². The Hall–Kier alpha value is -1.35. The van der Waals surface area contributed by atoms with E-state index in [-0.39, 0.29) is 0 Å². The Morgan fingerprint density at radius 1 is 1.20 bits per heavy atom. The molecule has 0 aliphatic heterocycles. The van der Waals surface area contributed by atoms with Crippen molar-refractivity contribution in [3.05, 3.63) is 35.4 Å². The third kappa shape index (κ3) is 2.24. The van der Waals surface area contributed by atoms with Crippen molar-refractivity contribution in [3.8, 4) is 0 Å². The third-order valence-electron chi connectivity index (χ3n) is 5.40. The van der Waals surface area contributed by atoms with E-state index in [9.17, 15) is 9.90 Å². The second kappa shape index (κ2) is 5.21. The molecule has 3 rings (SSSR count). The van der Waals surface area contributed by atoms with Gasteiger partial charge in [-0.2, -0.15) is 0 Å². The molecule has 2 bridgehead atoms. The molecule has 3 nitrogen and oxygen atoms in total. The van der Waals surface area contributed by atoms with E-state index < -0.39 is 12.0 Å². The van der Waals surface area contributed by atoms with Gasteiger partial charge in [0.15, 0.2) is 0 Å². The van der Waals surface area contributed by atoms with Gasteiger partial charge >= 0.3 is 5.97 Å². The van der Waals surface area contributed by atoms with Crippen molar-refractivity contribution in [2.75, 3.05) is 7.05 Å². The number of benzene rings is 1. The highest BCUT2D eigenvalue weighted by atomic mass is 16.4. The minimum absolute atomic E-state index is 0.399. The number of nitrogens with zero attached hydrogens (tertiary/aromatic N) is 1. The molecule has 1 aromatic carbocycles. The van der Waals surface area contributed by atoms with Crippen LogP contribution >= 0.6 is 0 Å². The number of likely N-dealkylation sites (N-methyl/N-ethyl adjacent to an activating group) is 1. The van der Waals surface area contributed by atoms with Crippen LogP contribution in [0, 0.1) is 11.8 Å². The fraction of sp³-hybridized carbons (Fsp3) is 0.588. The van der Waals surface area contributed by atoms with E-state index >= 15 is 0 Å². The maximum Gasteiger partial charge on any atom is 0.320 e. The van der Waals surface area contributed by atoms with Gasteiger partial charge in [0.1, 0.15) is 6.04 Å². The summed E-state index contributed by atoms with van der Waals surface area (Å²) >= 11 is 0. The van der Waals surface area contributed by atoms with Gasteiger partial charge in [-0.15, -0.1) is 0 Å². The van der Waals surface area contributed by atoms with Crippen molar-refractivity contribution in [2.24, 2.45) is 11.8 Å². The minimum Gasteiger partial charge on any atom is -0.480 e. The summed E-state index contributed by atoms with van der Waals surface area (Å²) in [6.07, 6.45) is 4.68. The molecule has 0 heterocycles. The molecule has 0 saturated heterocycles. The summed E-state index contributed by atoms with van der Waals surface area (Å²) < 4.78 is 0. The first kappa shape index (κ1) is 13.6. The van der Waals surface area contributed by atoms with Crippen LogP contribution in [0.25, 0.3) is 0 Å². The summed E-state index contributed by atoms with van der Waals surface area (Å²) in [5, 5.41) is 9.28. The number of hydrogen-bond acceptors (Lipinski definition) is 2. The highest BCUT2D eigenvalue weighted by molar-refractivity contribution is 5.72. The number of aliphatic carboxylic acids is 1. The number of rotatable bonds is 3. The molecule has 1 saturated carbocycles. The second-order valence-electron chi connectivity index (χ2n) is 6.44. The molecule has 1 aromatic rings. The lowest BCUT2D eigenvalue weighted by Gasteiger charge is -2.35. The molecule has 2 aliphatic rings. The monoisotopic (exact) mass is 273 g/mol. The normalized spacial score (nSPS) is 29.9. The molecular formula is C17H23NO2. The van der Waals surface area contributed by atoms with Gasteiger partial charge in [0.2, 0.25) is 0 Å². The summed E-state index contributed by atoms with van der Waals surface area (Å²) in [4.78, 5) is 13.4. The van der Waals surface area contributed by atoms with Crippen LogP contribution in [0.1, 0.15) is 30.9 Å². The molecule has 1 N–H and O–H groups in total. The van der Waals surface area contributed by atoms with Crippen molar-refractivity contribution in [2.45, 2.75) is 44.7 Å². The van der Waals surface area contributed by atoms with E-state index in [1.165, 1.54) is 24.0 Å². The average molecular weight is 273 g/mol. The molecule has 108 valence electrons. The van der Waals surface area contributed by atoms with Crippen molar-refractivity contribution in [1.82, 2.24) is 4.90 Å². The first-order chi connectivity index (χ1) is 9.58. The molecule has 0 radical (unpaired) electrons. The number of carboxylic acid groups (broad SMARTS) is 1. The predicted molar refractivity (Wildman–Crippen MR) is 78.7 cm³/mol. The topological polar surface area (TPSA) is 40.5 Å². The Labute approximate surface area is 120 Å². The maximum absolute atomic E-state index is 11.3. The predicted octanol–water partition coefficient (Wildman–Crippen LogP) is 2.58. The summed E-state index contributed by atoms with van der Waals surface area (Å²) in [6, 6.07) is 8.74. The Morgan fingerprint density at radius 3 is 2.15 bits per heavy atom. The summed E-state index contributed by atoms with van der Waals surface area (Å²) in [5.74, 6) is 0.500. The SMILES string of the molecule is CC(C(=O)O)N(C)C1C2CCC1Cc1ccccc1C2. The quantitative estimate of drug-likeness (QED) is 0.920. The van der Waals surface area contributed by atoms with E-state index in [0.29, 0.717) is 17.9 Å². The fourth-order valence-corrected chi connectivity index (χ4v) is 4.22. The van der Waals surface area contributed by atoms with E-state index in [1.807, 2.05) is 7.05 Å². The zero-order valence-corrected chi connectivity index (χ0v) is 12.2. The summed E-state index contributed by atoms with van der Waals surface area (Å²) in [6.45, 7) is 1.81. The van der Waals surface area contributed by atoms with Crippen molar-refractivity contribution in [1.29, 1.82) is 0 Å². The van der Waals surface area contributed by atoms with Crippen LogP contribution in [0.3, 0.4) is 0 Å². The molecule has 0 aromatic heterocycles. The van der Waals surface area contributed by atoms with Crippen LogP contribution in [0.15, 0.2) is 24.3 Å². The molecule has 0 amide bonds. The van der Waals surface area contributed by atoms with Gasteiger partial charge in [-0.25, -0.2) is 0 Å². The molecule has 3 unspecified atom stereocenters. The van der Waals surface area contributed by atoms with Crippen LogP contribution in [-0.4, -0.2) is 35.1 Å². The number of carboxylic acids is 1. The molecule has 3 atom stereocenters. The molecule has 2 aliphatic carbocycles. The van der Waals surface area contributed by atoms with Gasteiger partial charge in [-0.05, 0) is 62.6 Å². The first-order valence-electron chi connectivity index (χ1n) is 7.59. The van der Waals surface area contributed by atoms with Crippen LogP contribution in [-0.2, 0) is 17.6 Å². The molecule has 3 heteroatoms. The first-order valence-corrected chi connectivity index (χ1v) is 7.59. The van der Waals surface area contributed by atoms with Crippen molar-refractivity contribution in [3.63, 3.8) is 0 Å². The summed E-state index contributed by atoms with van der Waals surface area (Å²) in [7, 11) is 1.99. The van der Waals surface area contributed by atoms with E-state index in [4.69, 9.17) is 0 Å². The van der Waals surface area contributed by atoms with Gasteiger partial charge in [0.25, 0.3) is 0 Å². The zero-order valence-electron chi connectivity index (χ0n) is 12.2. The Morgan fingerprint density at radius 2 is 1.70 bits per heavy atom. The Balaban J connectivity index is 1.87. The van der Waals surface area contributed by atoms with Gasteiger partial charge in [0, 0.05) is 6.04 Å². The van der Waals surface area contributed by atoms with Crippen LogP contribution in [0.5, 0.6) is 0 Å². The third-order valence-corrected chi connectivity index (χ3v) is 5.40. The van der Waals surface area contributed by atoms with Gasteiger partial charge < -0.3 is 5.11 Å². The van der Waals surface area contributed by atoms with Gasteiger partial charge in [-0.1, -0.05) is 24.3 Å². The molecule has 0 spiro atoms. The smallest absolute Gasteiger partial charge is 0.320 e. The average Bonchev–Trinajstić information content (AvgIpc) is 2.72. The van der Waals surface area contributed by atoms with E-state index in [0.717, 1.165) is 12.8 Å². The standard InChI is InChI=1S/C17H23NO2/c1-11(17(19)20)18(2)16-14-7-8-15(16)10-13-6-4-3-5-12(13)9-14/h3-6,11,14-16H,7-10H2,1-2H3,(H,19,20). The lowest BCUT2D eigenvalue weighted by Crippen LogP contribution is -2.47. The highest BCUT2D eigenvalue weighted by Gasteiger charge is 2.42. The Kier molecular flexibility index (Phi) is 3.55. The number of fused-ring (bicyclic) bond motifs is 3. The van der Waals surface area contributed by atoms with Crippen LogP contribution in [0.2, 0.25) is 0 Å².